The zero-order valence-corrected chi connectivity index (χ0v) is 11.7. The second kappa shape index (κ2) is 8.45. The molecule has 1 aliphatic rings. The molecule has 5 nitrogen and oxygen atoms in total. The summed E-state index contributed by atoms with van der Waals surface area (Å²) in [5, 5.41) is 2.95. The number of carbonyl (C=O) groups is 1. The first-order valence-electron chi connectivity index (χ1n) is 6.89. The molecule has 18 heavy (non-hydrogen) atoms. The van der Waals surface area contributed by atoms with E-state index in [0.717, 1.165) is 25.9 Å². The Balaban J connectivity index is 2.29. The molecule has 1 heterocycles. The van der Waals surface area contributed by atoms with Crippen LogP contribution in [0.15, 0.2) is 0 Å². The summed E-state index contributed by atoms with van der Waals surface area (Å²) in [6.07, 6.45) is 4.54. The fraction of sp³-hybridized carbons (Fsp3) is 0.923. The van der Waals surface area contributed by atoms with E-state index >= 15 is 0 Å². The molecule has 0 aromatic rings. The molecule has 2 atom stereocenters. The topological polar surface area (TPSA) is 67.6 Å². The number of nitrogens with one attached hydrogen (secondary N) is 1. The van der Waals surface area contributed by atoms with Crippen LogP contribution in [0.2, 0.25) is 0 Å². The molecule has 1 amide bonds. The summed E-state index contributed by atoms with van der Waals surface area (Å²) in [5.74, 6) is 0.0965. The Morgan fingerprint density at radius 3 is 3.06 bits per heavy atom. The van der Waals surface area contributed by atoms with Crippen LogP contribution >= 0.6 is 0 Å². The fourth-order valence-electron chi connectivity index (χ4n) is 2.58. The Morgan fingerprint density at radius 2 is 2.39 bits per heavy atom. The normalized spacial score (nSPS) is 22.1. The van der Waals surface area contributed by atoms with Gasteiger partial charge in [-0.3, -0.25) is 9.69 Å². The number of likely N-dealkylation sites (tertiary alicyclic amines) is 1. The van der Waals surface area contributed by atoms with Crippen LogP contribution in [0, 0.1) is 0 Å². The molecular formula is C13H27N3O2. The van der Waals surface area contributed by atoms with Gasteiger partial charge in [0.1, 0.15) is 0 Å². The van der Waals surface area contributed by atoms with Crippen molar-refractivity contribution in [2.24, 2.45) is 5.73 Å². The van der Waals surface area contributed by atoms with Gasteiger partial charge in [-0.2, -0.15) is 0 Å². The number of ether oxygens (including phenoxy) is 1. The molecule has 1 rings (SSSR count). The van der Waals surface area contributed by atoms with Crippen molar-refractivity contribution in [2.75, 3.05) is 33.4 Å². The highest BCUT2D eigenvalue weighted by Crippen LogP contribution is 2.20. The lowest BCUT2D eigenvalue weighted by molar-refractivity contribution is -0.123. The maximum absolute atomic E-state index is 11.9. The zero-order chi connectivity index (χ0) is 13.4. The van der Waals surface area contributed by atoms with Crippen molar-refractivity contribution in [1.29, 1.82) is 0 Å². The molecule has 3 N–H and O–H groups in total. The third-order valence-corrected chi connectivity index (χ3v) is 3.41. The van der Waals surface area contributed by atoms with E-state index in [1.54, 1.807) is 7.11 Å². The SMILES string of the molecule is COCC(C)NC(=O)CN1CCCC1CCCN. The lowest BCUT2D eigenvalue weighted by atomic mass is 10.1. The Labute approximate surface area is 110 Å². The van der Waals surface area contributed by atoms with Crippen LogP contribution in [0.25, 0.3) is 0 Å². The van der Waals surface area contributed by atoms with E-state index < -0.39 is 0 Å². The summed E-state index contributed by atoms with van der Waals surface area (Å²) >= 11 is 0. The number of nitrogens with two attached hydrogens (primary N) is 1. The van der Waals surface area contributed by atoms with Crippen LogP contribution in [0.4, 0.5) is 0 Å². The van der Waals surface area contributed by atoms with Gasteiger partial charge in [-0.25, -0.2) is 0 Å². The minimum Gasteiger partial charge on any atom is -0.383 e. The maximum Gasteiger partial charge on any atom is 0.234 e. The van der Waals surface area contributed by atoms with Gasteiger partial charge in [0.15, 0.2) is 0 Å². The molecule has 0 radical (unpaired) electrons. The summed E-state index contributed by atoms with van der Waals surface area (Å²) in [6, 6.07) is 0.615. The van der Waals surface area contributed by atoms with Gasteiger partial charge in [0.05, 0.1) is 13.2 Å². The number of hydrogen-bond acceptors (Lipinski definition) is 4. The Bertz CT molecular complexity index is 248. The number of hydrogen-bond donors (Lipinski definition) is 2. The molecule has 2 unspecified atom stereocenters. The van der Waals surface area contributed by atoms with Gasteiger partial charge >= 0.3 is 0 Å². The van der Waals surface area contributed by atoms with Crippen molar-refractivity contribution in [3.05, 3.63) is 0 Å². The first-order chi connectivity index (χ1) is 8.67. The van der Waals surface area contributed by atoms with E-state index in [-0.39, 0.29) is 11.9 Å². The van der Waals surface area contributed by atoms with Crippen LogP contribution in [0.5, 0.6) is 0 Å². The highest BCUT2D eigenvalue weighted by molar-refractivity contribution is 5.78. The molecule has 0 aromatic carbocycles. The van der Waals surface area contributed by atoms with Crippen molar-refractivity contribution < 1.29 is 9.53 Å². The molecular weight excluding hydrogens is 230 g/mol. The summed E-state index contributed by atoms with van der Waals surface area (Å²) in [5.41, 5.74) is 5.54. The maximum atomic E-state index is 11.9. The molecule has 0 spiro atoms. The lowest BCUT2D eigenvalue weighted by Crippen LogP contribution is -2.44. The summed E-state index contributed by atoms with van der Waals surface area (Å²) in [7, 11) is 1.64. The smallest absolute Gasteiger partial charge is 0.234 e. The van der Waals surface area contributed by atoms with E-state index in [4.69, 9.17) is 10.5 Å². The quantitative estimate of drug-likeness (QED) is 0.658. The highest BCUT2D eigenvalue weighted by Gasteiger charge is 2.25. The average molecular weight is 257 g/mol. The van der Waals surface area contributed by atoms with E-state index in [1.165, 1.54) is 12.8 Å². The standard InChI is InChI=1S/C13H27N3O2/c1-11(10-18-2)15-13(17)9-16-8-4-6-12(16)5-3-7-14/h11-12H,3-10,14H2,1-2H3,(H,15,17). The second-order valence-corrected chi connectivity index (χ2v) is 5.12. The number of nitrogens with zero attached hydrogens (tertiary/aromatic N) is 1. The van der Waals surface area contributed by atoms with Crippen molar-refractivity contribution >= 4 is 5.91 Å². The highest BCUT2D eigenvalue weighted by atomic mass is 16.5. The third kappa shape index (κ3) is 5.33. The van der Waals surface area contributed by atoms with Crippen LogP contribution < -0.4 is 11.1 Å². The predicted octanol–water partition coefficient (Wildman–Crippen LogP) is 0.341. The average Bonchev–Trinajstić information content (AvgIpc) is 2.73. The fourth-order valence-corrected chi connectivity index (χ4v) is 2.58. The van der Waals surface area contributed by atoms with Crippen LogP contribution in [0.3, 0.4) is 0 Å². The van der Waals surface area contributed by atoms with E-state index in [9.17, 15) is 4.79 Å². The minimum atomic E-state index is 0.0765. The monoisotopic (exact) mass is 257 g/mol. The Hall–Kier alpha value is -0.650. The summed E-state index contributed by atoms with van der Waals surface area (Å²) in [4.78, 5) is 14.2. The molecule has 1 saturated heterocycles. The van der Waals surface area contributed by atoms with Gasteiger partial charge in [-0.1, -0.05) is 0 Å². The Morgan fingerprint density at radius 1 is 1.61 bits per heavy atom. The lowest BCUT2D eigenvalue weighted by Gasteiger charge is -2.24. The van der Waals surface area contributed by atoms with Gasteiger partial charge < -0.3 is 15.8 Å². The molecule has 0 aliphatic carbocycles. The summed E-state index contributed by atoms with van der Waals surface area (Å²) in [6.45, 7) is 4.78. The summed E-state index contributed by atoms with van der Waals surface area (Å²) < 4.78 is 5.01. The van der Waals surface area contributed by atoms with Crippen molar-refractivity contribution in [3.63, 3.8) is 0 Å². The molecule has 0 aromatic heterocycles. The molecule has 0 bridgehead atoms. The second-order valence-electron chi connectivity index (χ2n) is 5.12. The third-order valence-electron chi connectivity index (χ3n) is 3.41. The van der Waals surface area contributed by atoms with Gasteiger partial charge in [0.25, 0.3) is 0 Å². The van der Waals surface area contributed by atoms with E-state index in [1.807, 2.05) is 6.92 Å². The number of carbonyl (C=O) groups excluding carboxylic acids is 1. The molecule has 0 saturated carbocycles. The first kappa shape index (κ1) is 15.4. The van der Waals surface area contributed by atoms with Gasteiger partial charge in [-0.15, -0.1) is 0 Å². The van der Waals surface area contributed by atoms with Crippen molar-refractivity contribution in [3.8, 4) is 0 Å². The van der Waals surface area contributed by atoms with E-state index in [0.29, 0.717) is 19.2 Å². The Kier molecular flexibility index (Phi) is 7.23. The number of amides is 1. The first-order valence-corrected chi connectivity index (χ1v) is 6.89. The van der Waals surface area contributed by atoms with Crippen LogP contribution in [-0.4, -0.2) is 56.2 Å². The largest absolute Gasteiger partial charge is 0.383 e. The number of rotatable bonds is 8. The molecule has 1 fully saturated rings. The van der Waals surface area contributed by atoms with Gasteiger partial charge in [0, 0.05) is 19.2 Å². The molecule has 5 heteroatoms. The predicted molar refractivity (Wildman–Crippen MR) is 72.4 cm³/mol. The minimum absolute atomic E-state index is 0.0765. The molecule has 1 aliphatic heterocycles. The van der Waals surface area contributed by atoms with Crippen LogP contribution in [0.1, 0.15) is 32.6 Å². The number of methoxy groups -OCH3 is 1. The molecule has 106 valence electrons. The van der Waals surface area contributed by atoms with Crippen molar-refractivity contribution in [2.45, 2.75) is 44.7 Å². The van der Waals surface area contributed by atoms with Crippen LogP contribution in [-0.2, 0) is 9.53 Å². The van der Waals surface area contributed by atoms with Crippen molar-refractivity contribution in [1.82, 2.24) is 10.2 Å². The van der Waals surface area contributed by atoms with Gasteiger partial charge in [0.2, 0.25) is 5.91 Å². The van der Waals surface area contributed by atoms with E-state index in [2.05, 4.69) is 10.2 Å². The van der Waals surface area contributed by atoms with Gasteiger partial charge in [-0.05, 0) is 45.7 Å². The zero-order valence-electron chi connectivity index (χ0n) is 11.7.